The van der Waals surface area contributed by atoms with Gasteiger partial charge in [0.2, 0.25) is 0 Å². The Morgan fingerprint density at radius 3 is 2.56 bits per heavy atom. The van der Waals surface area contributed by atoms with Crippen LogP contribution in [0.3, 0.4) is 0 Å². The number of nitrogen functional groups attached to an aromatic ring is 2. The van der Waals surface area contributed by atoms with Crippen molar-refractivity contribution < 1.29 is 0 Å². The molecule has 78 valence electrons. The number of fused-ring (bicyclic) bond motifs is 3. The molecule has 0 aliphatic rings. The summed E-state index contributed by atoms with van der Waals surface area (Å²) >= 11 is 0. The van der Waals surface area contributed by atoms with Crippen molar-refractivity contribution in [2.24, 2.45) is 0 Å². The Balaban J connectivity index is 2.61. The quantitative estimate of drug-likeness (QED) is 0.594. The van der Waals surface area contributed by atoms with E-state index in [4.69, 9.17) is 11.5 Å². The minimum Gasteiger partial charge on any atom is -0.399 e. The number of benzene rings is 1. The second kappa shape index (κ2) is 3.06. The monoisotopic (exact) mass is 210 g/mol. The van der Waals surface area contributed by atoms with Crippen LogP contribution in [0.2, 0.25) is 0 Å². The predicted molar refractivity (Wildman–Crippen MR) is 65.9 cm³/mol. The van der Waals surface area contributed by atoms with Crippen LogP contribution in [0.4, 0.5) is 11.4 Å². The summed E-state index contributed by atoms with van der Waals surface area (Å²) in [5.41, 5.74) is 14.8. The van der Waals surface area contributed by atoms with Crippen LogP contribution >= 0.6 is 0 Å². The Kier molecular flexibility index (Phi) is 1.71. The van der Waals surface area contributed by atoms with Gasteiger partial charge in [0.25, 0.3) is 0 Å². The van der Waals surface area contributed by atoms with Gasteiger partial charge in [0.1, 0.15) is 6.33 Å². The topological polar surface area (TPSA) is 77.8 Å². The maximum absolute atomic E-state index is 5.97. The summed E-state index contributed by atoms with van der Waals surface area (Å²) in [5.74, 6) is 0. The molecule has 1 aromatic heterocycles. The Morgan fingerprint density at radius 2 is 1.69 bits per heavy atom. The molecule has 0 amide bonds. The van der Waals surface area contributed by atoms with Crippen LogP contribution in [0.1, 0.15) is 0 Å². The number of nitrogens with two attached hydrogens (primary N) is 2. The fraction of sp³-hybridized carbons (Fsp3) is 0. The second-order valence-corrected chi connectivity index (χ2v) is 3.70. The van der Waals surface area contributed by atoms with Crippen LogP contribution in [0.25, 0.3) is 21.8 Å². The van der Waals surface area contributed by atoms with E-state index in [1.54, 1.807) is 12.4 Å². The predicted octanol–water partition coefficient (Wildman–Crippen LogP) is 1.95. The Hall–Kier alpha value is -2.36. The minimum absolute atomic E-state index is 0.640. The van der Waals surface area contributed by atoms with Crippen molar-refractivity contribution in [2.75, 3.05) is 11.5 Å². The SMILES string of the molecule is Nc1ccc2c(ccc3ncnc32)c(N)c1. The molecule has 0 spiro atoms. The summed E-state index contributed by atoms with van der Waals surface area (Å²) in [5, 5.41) is 1.92. The van der Waals surface area contributed by atoms with E-state index < -0.39 is 0 Å². The van der Waals surface area contributed by atoms with Gasteiger partial charge in [-0.3, -0.25) is 0 Å². The molecule has 16 heavy (non-hydrogen) atoms. The molecule has 0 aliphatic carbocycles. The zero-order valence-electron chi connectivity index (χ0n) is 8.51. The Morgan fingerprint density at radius 1 is 0.875 bits per heavy atom. The van der Waals surface area contributed by atoms with Crippen molar-refractivity contribution in [2.45, 2.75) is 0 Å². The third-order valence-electron chi connectivity index (χ3n) is 2.66. The maximum atomic E-state index is 5.97. The van der Waals surface area contributed by atoms with Gasteiger partial charge in [0.05, 0.1) is 11.0 Å². The van der Waals surface area contributed by atoms with Crippen molar-refractivity contribution in [3.63, 3.8) is 0 Å². The number of hydrogen-bond acceptors (Lipinski definition) is 4. The van der Waals surface area contributed by atoms with E-state index >= 15 is 0 Å². The molecule has 0 radical (unpaired) electrons. The summed E-state index contributed by atoms with van der Waals surface area (Å²) in [6.45, 7) is 0. The van der Waals surface area contributed by atoms with Gasteiger partial charge in [-0.1, -0.05) is 12.1 Å². The van der Waals surface area contributed by atoms with Gasteiger partial charge in [-0.2, -0.15) is 0 Å². The highest BCUT2D eigenvalue weighted by Crippen LogP contribution is 2.27. The molecule has 2 aromatic carbocycles. The summed E-state index contributed by atoms with van der Waals surface area (Å²) in [6, 6.07) is 9.37. The molecule has 0 saturated heterocycles. The average molecular weight is 210 g/mol. The van der Waals surface area contributed by atoms with E-state index in [-0.39, 0.29) is 0 Å². The third kappa shape index (κ3) is 1.16. The van der Waals surface area contributed by atoms with Gasteiger partial charge in [-0.15, -0.1) is 0 Å². The van der Waals surface area contributed by atoms with Gasteiger partial charge >= 0.3 is 0 Å². The Labute approximate surface area is 91.9 Å². The number of rotatable bonds is 0. The lowest BCUT2D eigenvalue weighted by Crippen LogP contribution is -1.86. The Bertz CT molecular complexity index is 691. The number of hydrogen-bond donors (Lipinski definition) is 2. The van der Waals surface area contributed by atoms with E-state index in [2.05, 4.69) is 9.97 Å². The highest BCUT2D eigenvalue weighted by Gasteiger charge is 2.04. The largest absolute Gasteiger partial charge is 0.399 e. The fourth-order valence-electron chi connectivity index (χ4n) is 1.89. The molecule has 0 saturated carbocycles. The molecule has 4 heteroatoms. The van der Waals surface area contributed by atoms with Crippen LogP contribution < -0.4 is 11.5 Å². The summed E-state index contributed by atoms with van der Waals surface area (Å²) in [6.07, 6.45) is 1.55. The van der Waals surface area contributed by atoms with E-state index in [1.165, 1.54) is 0 Å². The van der Waals surface area contributed by atoms with Gasteiger partial charge < -0.3 is 11.5 Å². The third-order valence-corrected chi connectivity index (χ3v) is 2.66. The van der Waals surface area contributed by atoms with Crippen molar-refractivity contribution in [1.82, 2.24) is 9.97 Å². The molecule has 0 aliphatic heterocycles. The zero-order chi connectivity index (χ0) is 11.1. The van der Waals surface area contributed by atoms with Crippen LogP contribution in [0, 0.1) is 0 Å². The lowest BCUT2D eigenvalue weighted by Gasteiger charge is -1.96. The minimum atomic E-state index is 0.640. The normalized spacial score (nSPS) is 11.0. The first-order chi connectivity index (χ1) is 7.75. The summed E-state index contributed by atoms with van der Waals surface area (Å²) in [7, 11) is 0. The summed E-state index contributed by atoms with van der Waals surface area (Å²) in [4.78, 5) is 8.40. The first-order valence-corrected chi connectivity index (χ1v) is 4.94. The molecule has 0 atom stereocenters. The lowest BCUT2D eigenvalue weighted by molar-refractivity contribution is 1.35. The van der Waals surface area contributed by atoms with E-state index in [1.807, 2.05) is 24.3 Å². The zero-order valence-corrected chi connectivity index (χ0v) is 8.51. The highest BCUT2D eigenvalue weighted by molar-refractivity contribution is 6.08. The van der Waals surface area contributed by atoms with Crippen molar-refractivity contribution in [1.29, 1.82) is 0 Å². The summed E-state index contributed by atoms with van der Waals surface area (Å²) < 4.78 is 0. The lowest BCUT2D eigenvalue weighted by atomic mass is 10.1. The van der Waals surface area contributed by atoms with Crippen LogP contribution in [-0.2, 0) is 0 Å². The van der Waals surface area contributed by atoms with Crippen LogP contribution in [-0.4, -0.2) is 9.97 Å². The van der Waals surface area contributed by atoms with Crippen LogP contribution in [0.15, 0.2) is 36.7 Å². The van der Waals surface area contributed by atoms with Crippen molar-refractivity contribution >= 4 is 33.2 Å². The van der Waals surface area contributed by atoms with Gasteiger partial charge in [-0.25, -0.2) is 9.97 Å². The van der Waals surface area contributed by atoms with Crippen molar-refractivity contribution in [3.8, 4) is 0 Å². The molecule has 3 aromatic rings. The van der Waals surface area contributed by atoms with Gasteiger partial charge in [0.15, 0.2) is 0 Å². The molecule has 4 N–H and O–H groups in total. The van der Waals surface area contributed by atoms with E-state index in [9.17, 15) is 0 Å². The maximum Gasteiger partial charge on any atom is 0.116 e. The molecule has 4 nitrogen and oxygen atoms in total. The molecular formula is C12H10N4. The molecule has 0 bridgehead atoms. The molecule has 3 rings (SSSR count). The highest BCUT2D eigenvalue weighted by atomic mass is 14.9. The number of anilines is 2. The average Bonchev–Trinajstić information content (AvgIpc) is 2.68. The van der Waals surface area contributed by atoms with E-state index in [0.29, 0.717) is 11.4 Å². The molecule has 0 unspecified atom stereocenters. The standard InChI is InChI=1S/C12H10N4/c13-7-1-2-9-8(10(14)5-7)3-4-11-12(9)16-6-15-11/h1-6H,13-14H2. The second-order valence-electron chi connectivity index (χ2n) is 3.70. The molecule has 1 heterocycles. The van der Waals surface area contributed by atoms with Crippen LogP contribution in [0.5, 0.6) is 0 Å². The number of nitrogens with zero attached hydrogens (tertiary/aromatic N) is 2. The van der Waals surface area contributed by atoms with Gasteiger partial charge in [0, 0.05) is 22.1 Å². The van der Waals surface area contributed by atoms with Gasteiger partial charge in [-0.05, 0) is 18.2 Å². The fourth-order valence-corrected chi connectivity index (χ4v) is 1.89. The number of aromatic nitrogens is 2. The smallest absolute Gasteiger partial charge is 0.116 e. The van der Waals surface area contributed by atoms with Crippen molar-refractivity contribution in [3.05, 3.63) is 36.7 Å². The van der Waals surface area contributed by atoms with E-state index in [0.717, 1.165) is 21.8 Å². The first kappa shape index (κ1) is 8.91. The first-order valence-electron chi connectivity index (χ1n) is 4.94. The molecule has 0 fully saturated rings. The molecular weight excluding hydrogens is 200 g/mol. The number of imidazole rings is 1.